The molecule has 1 unspecified atom stereocenters. The normalized spacial score (nSPS) is 11.9. The smallest absolute Gasteiger partial charge is 0.264 e. The summed E-state index contributed by atoms with van der Waals surface area (Å²) in [6.45, 7) is 2.15. The highest BCUT2D eigenvalue weighted by Crippen LogP contribution is 2.26. The number of nitrogens with zero attached hydrogens (tertiary/aromatic N) is 1. The average molecular weight is 515 g/mol. The molecule has 0 saturated heterocycles. The van der Waals surface area contributed by atoms with Crippen molar-refractivity contribution < 1.29 is 17.9 Å². The van der Waals surface area contributed by atoms with E-state index in [4.69, 9.17) is 4.74 Å². The van der Waals surface area contributed by atoms with Crippen LogP contribution in [0, 0.1) is 0 Å². The molecular formula is C30H30N2O4S. The molecule has 37 heavy (non-hydrogen) atoms. The van der Waals surface area contributed by atoms with Gasteiger partial charge in [0.25, 0.3) is 15.9 Å². The van der Waals surface area contributed by atoms with Gasteiger partial charge in [-0.05, 0) is 66.1 Å². The summed E-state index contributed by atoms with van der Waals surface area (Å²) in [6.07, 6.45) is 0.736. The number of benzene rings is 4. The highest BCUT2D eigenvalue weighted by atomic mass is 32.2. The van der Waals surface area contributed by atoms with E-state index < -0.39 is 10.0 Å². The highest BCUT2D eigenvalue weighted by molar-refractivity contribution is 7.92. The summed E-state index contributed by atoms with van der Waals surface area (Å²) < 4.78 is 33.6. The summed E-state index contributed by atoms with van der Waals surface area (Å²) in [5.41, 5.74) is 2.84. The average Bonchev–Trinajstić information content (AvgIpc) is 2.95. The molecule has 6 nitrogen and oxygen atoms in total. The lowest BCUT2D eigenvalue weighted by Crippen LogP contribution is -2.30. The van der Waals surface area contributed by atoms with Crippen molar-refractivity contribution in [1.82, 2.24) is 5.32 Å². The van der Waals surface area contributed by atoms with Gasteiger partial charge >= 0.3 is 0 Å². The van der Waals surface area contributed by atoms with Crippen LogP contribution >= 0.6 is 0 Å². The monoisotopic (exact) mass is 514 g/mol. The SMILES string of the molecule is CCC(NC(=O)c1ccc(CN(c2ccccc2)S(=O)(=O)c2ccccc2)cc1)c1ccc(OC)cc1. The van der Waals surface area contributed by atoms with Gasteiger partial charge in [-0.3, -0.25) is 9.10 Å². The minimum Gasteiger partial charge on any atom is -0.497 e. The fourth-order valence-electron chi connectivity index (χ4n) is 4.06. The van der Waals surface area contributed by atoms with Gasteiger partial charge in [-0.2, -0.15) is 0 Å². The van der Waals surface area contributed by atoms with Crippen LogP contribution in [-0.4, -0.2) is 21.4 Å². The van der Waals surface area contributed by atoms with Crippen LogP contribution in [0.3, 0.4) is 0 Å². The molecule has 190 valence electrons. The van der Waals surface area contributed by atoms with E-state index >= 15 is 0 Å². The summed E-state index contributed by atoms with van der Waals surface area (Å²) in [6, 6.07) is 31.9. The van der Waals surface area contributed by atoms with Gasteiger partial charge in [0, 0.05) is 5.56 Å². The van der Waals surface area contributed by atoms with Crippen LogP contribution in [-0.2, 0) is 16.6 Å². The Balaban J connectivity index is 1.52. The molecule has 0 spiro atoms. The number of carbonyl (C=O) groups excluding carboxylic acids is 1. The van der Waals surface area contributed by atoms with E-state index in [1.54, 1.807) is 73.8 Å². The second-order valence-electron chi connectivity index (χ2n) is 8.56. The third kappa shape index (κ3) is 6.19. The van der Waals surface area contributed by atoms with Crippen LogP contribution in [0.25, 0.3) is 0 Å². The minimum atomic E-state index is -3.79. The van der Waals surface area contributed by atoms with E-state index in [0.717, 1.165) is 23.3 Å². The van der Waals surface area contributed by atoms with Gasteiger partial charge in [-0.15, -0.1) is 0 Å². The Kier molecular flexibility index (Phi) is 8.25. The lowest BCUT2D eigenvalue weighted by atomic mass is 10.0. The van der Waals surface area contributed by atoms with E-state index in [2.05, 4.69) is 5.32 Å². The predicted molar refractivity (Wildman–Crippen MR) is 146 cm³/mol. The van der Waals surface area contributed by atoms with Gasteiger partial charge in [0.1, 0.15) is 5.75 Å². The number of rotatable bonds is 10. The molecule has 4 rings (SSSR count). The molecular weight excluding hydrogens is 484 g/mol. The zero-order valence-corrected chi connectivity index (χ0v) is 21.7. The van der Waals surface area contributed by atoms with Crippen molar-refractivity contribution in [3.8, 4) is 5.75 Å². The molecule has 0 aliphatic heterocycles. The predicted octanol–water partition coefficient (Wildman–Crippen LogP) is 5.97. The van der Waals surface area contributed by atoms with E-state index in [1.807, 2.05) is 49.4 Å². The lowest BCUT2D eigenvalue weighted by Gasteiger charge is -2.25. The van der Waals surface area contributed by atoms with Gasteiger partial charge in [-0.25, -0.2) is 8.42 Å². The first-order valence-corrected chi connectivity index (χ1v) is 13.5. The minimum absolute atomic E-state index is 0.132. The molecule has 1 atom stereocenters. The first kappa shape index (κ1) is 26.0. The van der Waals surface area contributed by atoms with Crippen LogP contribution < -0.4 is 14.4 Å². The molecule has 0 bridgehead atoms. The van der Waals surface area contributed by atoms with Gasteiger partial charge < -0.3 is 10.1 Å². The third-order valence-corrected chi connectivity index (χ3v) is 7.94. The molecule has 0 aliphatic rings. The number of methoxy groups -OCH3 is 1. The first-order chi connectivity index (χ1) is 17.9. The van der Waals surface area contributed by atoms with Crippen LogP contribution in [0.1, 0.15) is 40.9 Å². The maximum atomic E-state index is 13.5. The van der Waals surface area contributed by atoms with Crippen LogP contribution in [0.5, 0.6) is 5.75 Å². The van der Waals surface area contributed by atoms with Gasteiger partial charge in [0.2, 0.25) is 0 Å². The summed E-state index contributed by atoms with van der Waals surface area (Å²) in [5, 5.41) is 3.08. The lowest BCUT2D eigenvalue weighted by molar-refractivity contribution is 0.0935. The largest absolute Gasteiger partial charge is 0.497 e. The van der Waals surface area contributed by atoms with Crippen molar-refractivity contribution in [1.29, 1.82) is 0 Å². The van der Waals surface area contributed by atoms with Crippen molar-refractivity contribution in [3.05, 3.63) is 126 Å². The number of anilines is 1. The summed E-state index contributed by atoms with van der Waals surface area (Å²) in [5.74, 6) is 0.574. The van der Waals surface area contributed by atoms with Gasteiger partial charge in [0.05, 0.1) is 30.3 Å². The first-order valence-electron chi connectivity index (χ1n) is 12.1. The molecule has 0 aliphatic carbocycles. The number of sulfonamides is 1. The second-order valence-corrected chi connectivity index (χ2v) is 10.4. The Morgan fingerprint density at radius 1 is 0.838 bits per heavy atom. The summed E-state index contributed by atoms with van der Waals surface area (Å²) in [7, 11) is -2.17. The molecule has 0 heterocycles. The zero-order chi connectivity index (χ0) is 26.3. The van der Waals surface area contributed by atoms with Gasteiger partial charge in [-0.1, -0.05) is 67.6 Å². The topological polar surface area (TPSA) is 75.7 Å². The zero-order valence-electron chi connectivity index (χ0n) is 20.9. The summed E-state index contributed by atoms with van der Waals surface area (Å²) >= 11 is 0. The van der Waals surface area contributed by atoms with Crippen LogP contribution in [0.4, 0.5) is 5.69 Å². The standard InChI is InChI=1S/C30H30N2O4S/c1-3-29(24-18-20-27(36-2)21-19-24)31-30(33)25-16-14-23(15-17-25)22-32(26-10-6-4-7-11-26)37(34,35)28-12-8-5-9-13-28/h4-21,29H,3,22H2,1-2H3,(H,31,33). The number of ether oxygens (including phenoxy) is 1. The van der Waals surface area contributed by atoms with Crippen molar-refractivity contribution in [2.45, 2.75) is 30.8 Å². The van der Waals surface area contributed by atoms with Crippen molar-refractivity contribution in [3.63, 3.8) is 0 Å². The third-order valence-electron chi connectivity index (χ3n) is 6.15. The molecule has 1 N–H and O–H groups in total. The van der Waals surface area contributed by atoms with Gasteiger partial charge in [0.15, 0.2) is 0 Å². The van der Waals surface area contributed by atoms with Crippen molar-refractivity contribution in [2.24, 2.45) is 0 Å². The second kappa shape index (κ2) is 11.8. The Morgan fingerprint density at radius 2 is 1.43 bits per heavy atom. The Hall–Kier alpha value is -4.10. The Bertz CT molecular complexity index is 1410. The molecule has 0 radical (unpaired) electrons. The molecule has 4 aromatic carbocycles. The number of para-hydroxylation sites is 1. The maximum Gasteiger partial charge on any atom is 0.264 e. The van der Waals surface area contributed by atoms with E-state index in [0.29, 0.717) is 11.3 Å². The molecule has 1 amide bonds. The molecule has 4 aromatic rings. The molecule has 0 saturated carbocycles. The van der Waals surface area contributed by atoms with E-state index in [1.165, 1.54) is 4.31 Å². The number of nitrogens with one attached hydrogen (secondary N) is 1. The van der Waals surface area contributed by atoms with Crippen LogP contribution in [0.15, 0.2) is 114 Å². The fraction of sp³-hybridized carbons (Fsp3) is 0.167. The number of amides is 1. The Morgan fingerprint density at radius 3 is 2.00 bits per heavy atom. The number of hydrogen-bond acceptors (Lipinski definition) is 4. The molecule has 0 aromatic heterocycles. The summed E-state index contributed by atoms with van der Waals surface area (Å²) in [4.78, 5) is 13.2. The van der Waals surface area contributed by atoms with Crippen molar-refractivity contribution in [2.75, 3.05) is 11.4 Å². The highest BCUT2D eigenvalue weighted by Gasteiger charge is 2.25. The maximum absolute atomic E-state index is 13.5. The number of carbonyl (C=O) groups is 1. The molecule has 7 heteroatoms. The van der Waals surface area contributed by atoms with E-state index in [-0.39, 0.29) is 23.4 Å². The quantitative estimate of drug-likeness (QED) is 0.283. The van der Waals surface area contributed by atoms with Crippen LogP contribution in [0.2, 0.25) is 0 Å². The van der Waals surface area contributed by atoms with Crippen molar-refractivity contribution >= 4 is 21.6 Å². The number of hydrogen-bond donors (Lipinski definition) is 1. The fourth-order valence-corrected chi connectivity index (χ4v) is 5.53. The molecule has 0 fully saturated rings. The van der Waals surface area contributed by atoms with E-state index in [9.17, 15) is 13.2 Å². The Labute approximate surface area is 218 Å².